The molecule has 0 radical (unpaired) electrons. The van der Waals surface area contributed by atoms with Crippen molar-refractivity contribution in [2.45, 2.75) is 6.92 Å². The van der Waals surface area contributed by atoms with Crippen molar-refractivity contribution in [1.82, 2.24) is 4.98 Å². The van der Waals surface area contributed by atoms with E-state index < -0.39 is 11.9 Å². The minimum Gasteiger partial charge on any atom is -0.462 e. The van der Waals surface area contributed by atoms with Gasteiger partial charge in [-0.1, -0.05) is 0 Å². The molecule has 0 saturated heterocycles. The zero-order valence-corrected chi connectivity index (χ0v) is 8.91. The molecule has 80 valence electrons. The van der Waals surface area contributed by atoms with Crippen LogP contribution >= 0.6 is 11.3 Å². The second-order valence-electron chi connectivity index (χ2n) is 2.52. The van der Waals surface area contributed by atoms with Gasteiger partial charge in [-0.25, -0.2) is 9.78 Å². The van der Waals surface area contributed by atoms with E-state index in [9.17, 15) is 9.59 Å². The highest BCUT2D eigenvalue weighted by molar-refractivity contribution is 7.14. The van der Waals surface area contributed by atoms with E-state index in [4.69, 9.17) is 10.5 Å². The van der Waals surface area contributed by atoms with Gasteiger partial charge in [-0.15, -0.1) is 11.3 Å². The second kappa shape index (κ2) is 5.26. The Bertz CT molecular complexity index is 398. The molecule has 0 saturated carbocycles. The summed E-state index contributed by atoms with van der Waals surface area (Å²) >= 11 is 1.14. The van der Waals surface area contributed by atoms with Crippen molar-refractivity contribution in [2.24, 2.45) is 5.73 Å². The highest BCUT2D eigenvalue weighted by Gasteiger charge is 2.09. The number of rotatable bonds is 4. The molecule has 5 nitrogen and oxygen atoms in total. The molecule has 0 aromatic carbocycles. The van der Waals surface area contributed by atoms with Crippen LogP contribution < -0.4 is 5.73 Å². The van der Waals surface area contributed by atoms with Crippen molar-refractivity contribution in [2.75, 3.05) is 6.61 Å². The summed E-state index contributed by atoms with van der Waals surface area (Å²) < 4.78 is 4.78. The smallest absolute Gasteiger partial charge is 0.349 e. The zero-order valence-electron chi connectivity index (χ0n) is 8.10. The van der Waals surface area contributed by atoms with Gasteiger partial charge in [0.1, 0.15) is 9.88 Å². The van der Waals surface area contributed by atoms with E-state index >= 15 is 0 Å². The lowest BCUT2D eigenvalue weighted by Gasteiger charge is -1.95. The maximum Gasteiger partial charge on any atom is 0.349 e. The molecule has 0 aliphatic carbocycles. The fourth-order valence-corrected chi connectivity index (χ4v) is 1.53. The van der Waals surface area contributed by atoms with Gasteiger partial charge < -0.3 is 10.5 Å². The topological polar surface area (TPSA) is 82.3 Å². The van der Waals surface area contributed by atoms with E-state index in [2.05, 4.69) is 4.98 Å². The van der Waals surface area contributed by atoms with Crippen LogP contribution in [0.3, 0.4) is 0 Å². The third-order valence-electron chi connectivity index (χ3n) is 1.39. The minimum absolute atomic E-state index is 0.323. The van der Waals surface area contributed by atoms with Gasteiger partial charge in [0.05, 0.1) is 12.8 Å². The van der Waals surface area contributed by atoms with Crippen LogP contribution in [0.25, 0.3) is 6.08 Å². The lowest BCUT2D eigenvalue weighted by molar-refractivity contribution is -0.113. The number of primary amides is 1. The molecular weight excluding hydrogens is 216 g/mol. The first-order valence-corrected chi connectivity index (χ1v) is 5.05. The highest BCUT2D eigenvalue weighted by Crippen LogP contribution is 2.15. The third-order valence-corrected chi connectivity index (χ3v) is 2.33. The Hall–Kier alpha value is -1.69. The number of hydrogen-bond acceptors (Lipinski definition) is 5. The van der Waals surface area contributed by atoms with Crippen molar-refractivity contribution in [3.05, 3.63) is 22.2 Å². The number of thiazole rings is 1. The van der Waals surface area contributed by atoms with Crippen molar-refractivity contribution < 1.29 is 14.3 Å². The summed E-state index contributed by atoms with van der Waals surface area (Å²) in [5.41, 5.74) is 4.91. The summed E-state index contributed by atoms with van der Waals surface area (Å²) in [6, 6.07) is 0. The molecular formula is C9H10N2O3S. The van der Waals surface area contributed by atoms with Gasteiger partial charge in [-0.3, -0.25) is 4.79 Å². The molecule has 1 rings (SSSR count). The molecule has 1 heterocycles. The Kier molecular flexibility index (Phi) is 3.99. The number of nitrogens with zero attached hydrogens (tertiary/aromatic N) is 1. The standard InChI is InChI=1S/C9H10N2O3S/c1-2-14-9(13)6-5-11-8(15-6)4-3-7(10)12/h3-5H,2H2,1H3,(H2,10,12). The molecule has 0 bridgehead atoms. The van der Waals surface area contributed by atoms with Crippen LogP contribution in [0, 0.1) is 0 Å². The largest absolute Gasteiger partial charge is 0.462 e. The van der Waals surface area contributed by atoms with Gasteiger partial charge in [0, 0.05) is 6.08 Å². The summed E-state index contributed by atoms with van der Waals surface area (Å²) in [5.74, 6) is -0.961. The first kappa shape index (κ1) is 11.4. The quantitative estimate of drug-likeness (QED) is 0.608. The van der Waals surface area contributed by atoms with E-state index in [1.165, 1.54) is 18.3 Å². The molecule has 0 spiro atoms. The summed E-state index contributed by atoms with van der Waals surface area (Å²) in [4.78, 5) is 26.0. The number of ether oxygens (including phenoxy) is 1. The van der Waals surface area contributed by atoms with Crippen molar-refractivity contribution in [1.29, 1.82) is 0 Å². The predicted molar refractivity (Wildman–Crippen MR) is 56.3 cm³/mol. The van der Waals surface area contributed by atoms with Crippen LogP contribution in [0.2, 0.25) is 0 Å². The highest BCUT2D eigenvalue weighted by atomic mass is 32.1. The molecule has 0 fully saturated rings. The number of esters is 1. The number of carbonyl (C=O) groups excluding carboxylic acids is 2. The first-order valence-electron chi connectivity index (χ1n) is 4.24. The van der Waals surface area contributed by atoms with Crippen molar-refractivity contribution in [3.8, 4) is 0 Å². The van der Waals surface area contributed by atoms with Gasteiger partial charge >= 0.3 is 5.97 Å². The third kappa shape index (κ3) is 3.51. The molecule has 1 amide bonds. The SMILES string of the molecule is CCOC(=O)c1cnc(C=CC(N)=O)s1. The lowest BCUT2D eigenvalue weighted by atomic mass is 10.5. The number of carbonyl (C=O) groups is 2. The fourth-order valence-electron chi connectivity index (χ4n) is 0.815. The summed E-state index contributed by atoms with van der Waals surface area (Å²) in [5, 5.41) is 0.539. The van der Waals surface area contributed by atoms with Crippen LogP contribution in [0.4, 0.5) is 0 Å². The maximum absolute atomic E-state index is 11.2. The van der Waals surface area contributed by atoms with Crippen LogP contribution in [-0.2, 0) is 9.53 Å². The van der Waals surface area contributed by atoms with Crippen molar-refractivity contribution >= 4 is 29.3 Å². The van der Waals surface area contributed by atoms with E-state index in [0.29, 0.717) is 16.5 Å². The molecule has 15 heavy (non-hydrogen) atoms. The van der Waals surface area contributed by atoms with E-state index in [1.807, 2.05) is 0 Å². The average Bonchev–Trinajstić information content (AvgIpc) is 2.63. The molecule has 6 heteroatoms. The first-order chi connectivity index (χ1) is 7.13. The van der Waals surface area contributed by atoms with E-state index in [1.54, 1.807) is 6.92 Å². The minimum atomic E-state index is -0.553. The lowest BCUT2D eigenvalue weighted by Crippen LogP contribution is -2.04. The maximum atomic E-state index is 11.2. The Morgan fingerprint density at radius 3 is 3.00 bits per heavy atom. The molecule has 0 aliphatic heterocycles. The van der Waals surface area contributed by atoms with Gasteiger partial charge in [0.15, 0.2) is 0 Å². The predicted octanol–water partition coefficient (Wildman–Crippen LogP) is 0.818. The Morgan fingerprint density at radius 1 is 1.67 bits per heavy atom. The molecule has 1 aromatic heterocycles. The Balaban J connectivity index is 2.72. The number of aromatic nitrogens is 1. The van der Waals surface area contributed by atoms with Gasteiger partial charge in [-0.05, 0) is 13.0 Å². The molecule has 0 unspecified atom stereocenters. The van der Waals surface area contributed by atoms with E-state index in [0.717, 1.165) is 11.3 Å². The van der Waals surface area contributed by atoms with E-state index in [-0.39, 0.29) is 0 Å². The fraction of sp³-hybridized carbons (Fsp3) is 0.222. The van der Waals surface area contributed by atoms with Gasteiger partial charge in [0.25, 0.3) is 0 Å². The van der Waals surface area contributed by atoms with Crippen molar-refractivity contribution in [3.63, 3.8) is 0 Å². The zero-order chi connectivity index (χ0) is 11.3. The molecule has 2 N–H and O–H groups in total. The van der Waals surface area contributed by atoms with Crippen LogP contribution in [0.1, 0.15) is 21.6 Å². The summed E-state index contributed by atoms with van der Waals surface area (Å²) in [7, 11) is 0. The summed E-state index contributed by atoms with van der Waals surface area (Å²) in [6.45, 7) is 2.05. The molecule has 1 aromatic rings. The van der Waals surface area contributed by atoms with Gasteiger partial charge in [-0.2, -0.15) is 0 Å². The Labute approximate surface area is 90.6 Å². The Morgan fingerprint density at radius 2 is 2.40 bits per heavy atom. The second-order valence-corrected chi connectivity index (χ2v) is 3.58. The number of amides is 1. The molecule has 0 aliphatic rings. The number of hydrogen-bond donors (Lipinski definition) is 1. The monoisotopic (exact) mass is 226 g/mol. The molecule has 0 atom stereocenters. The van der Waals surface area contributed by atoms with Crippen LogP contribution in [-0.4, -0.2) is 23.5 Å². The van der Waals surface area contributed by atoms with Gasteiger partial charge in [0.2, 0.25) is 5.91 Å². The number of nitrogens with two attached hydrogens (primary N) is 1. The normalized spacial score (nSPS) is 10.5. The summed E-state index contributed by atoms with van der Waals surface area (Å²) in [6.07, 6.45) is 4.05. The van der Waals surface area contributed by atoms with Crippen LogP contribution in [0.15, 0.2) is 12.3 Å². The van der Waals surface area contributed by atoms with Crippen LogP contribution in [0.5, 0.6) is 0 Å². The average molecular weight is 226 g/mol.